The Morgan fingerprint density at radius 2 is 0.838 bits per heavy atom. The Morgan fingerprint density at radius 3 is 1.14 bits per heavy atom. The summed E-state index contributed by atoms with van der Waals surface area (Å²) >= 11 is 0. The molecule has 0 fully saturated rings. The highest BCUT2D eigenvalue weighted by Crippen LogP contribution is 2.19. The first-order valence-corrected chi connectivity index (χ1v) is 12.6. The van der Waals surface area contributed by atoms with E-state index in [1.54, 1.807) is 43.3 Å². The van der Waals surface area contributed by atoms with Gasteiger partial charge in [0.2, 0.25) is 0 Å². The number of esters is 3. The van der Waals surface area contributed by atoms with Gasteiger partial charge >= 0.3 is 17.9 Å². The summed E-state index contributed by atoms with van der Waals surface area (Å²) in [6, 6.07) is 21.3. The maximum absolute atomic E-state index is 12.9. The zero-order chi connectivity index (χ0) is 26.8. The standard InChI is InChI=1S/C31H34O6/c1-5-22-8-14-25(15-9-22)28(32)35-20-31(4,37-30(34)27-18-12-24(7-3)13-19-27)21-36-29(33)26-16-10-23(6-2)11-17-26/h8-19H,5-7,20-21H2,1-4H3. The average molecular weight is 503 g/mol. The number of ether oxygens (including phenoxy) is 3. The number of benzene rings is 3. The van der Waals surface area contributed by atoms with Gasteiger partial charge in [0, 0.05) is 0 Å². The van der Waals surface area contributed by atoms with Gasteiger partial charge in [-0.2, -0.15) is 0 Å². The fourth-order valence-electron chi connectivity index (χ4n) is 3.62. The monoisotopic (exact) mass is 502 g/mol. The molecule has 0 spiro atoms. The summed E-state index contributed by atoms with van der Waals surface area (Å²) < 4.78 is 16.8. The molecule has 6 heteroatoms. The second-order valence-corrected chi connectivity index (χ2v) is 9.14. The van der Waals surface area contributed by atoms with E-state index < -0.39 is 23.5 Å². The van der Waals surface area contributed by atoms with Gasteiger partial charge in [0.05, 0.1) is 16.7 Å². The predicted octanol–water partition coefficient (Wildman–Crippen LogP) is 6.00. The SMILES string of the molecule is CCc1ccc(C(=O)OCC(C)(COC(=O)c2ccc(CC)cc2)OC(=O)c2ccc(CC)cc2)cc1. The van der Waals surface area contributed by atoms with Crippen LogP contribution in [0.3, 0.4) is 0 Å². The van der Waals surface area contributed by atoms with Crippen LogP contribution < -0.4 is 0 Å². The molecule has 0 atom stereocenters. The second-order valence-electron chi connectivity index (χ2n) is 9.14. The maximum atomic E-state index is 12.9. The molecule has 3 rings (SSSR count). The molecule has 0 unspecified atom stereocenters. The molecule has 0 radical (unpaired) electrons. The molecular formula is C31H34O6. The van der Waals surface area contributed by atoms with Gasteiger partial charge in [-0.15, -0.1) is 0 Å². The predicted molar refractivity (Wildman–Crippen MR) is 142 cm³/mol. The van der Waals surface area contributed by atoms with E-state index in [2.05, 4.69) is 0 Å². The molecule has 0 aliphatic heterocycles. The summed E-state index contributed by atoms with van der Waals surface area (Å²) in [5.74, 6) is -1.71. The van der Waals surface area contributed by atoms with E-state index in [0.717, 1.165) is 36.0 Å². The molecule has 3 aromatic carbocycles. The molecule has 0 saturated heterocycles. The first-order chi connectivity index (χ1) is 17.8. The van der Waals surface area contributed by atoms with Crippen molar-refractivity contribution in [2.24, 2.45) is 0 Å². The van der Waals surface area contributed by atoms with Crippen LogP contribution in [0, 0.1) is 0 Å². The Bertz CT molecular complexity index is 1130. The molecule has 0 saturated carbocycles. The van der Waals surface area contributed by atoms with Crippen LogP contribution in [0.25, 0.3) is 0 Å². The van der Waals surface area contributed by atoms with Gasteiger partial charge in [-0.3, -0.25) is 0 Å². The highest BCUT2D eigenvalue weighted by atomic mass is 16.6. The summed E-state index contributed by atoms with van der Waals surface area (Å²) in [5, 5.41) is 0. The number of hydrogen-bond acceptors (Lipinski definition) is 6. The number of aryl methyl sites for hydroxylation is 3. The van der Waals surface area contributed by atoms with Crippen molar-refractivity contribution in [2.45, 2.75) is 52.6 Å². The lowest BCUT2D eigenvalue weighted by atomic mass is 10.1. The summed E-state index contributed by atoms with van der Waals surface area (Å²) in [5.41, 5.74) is 3.00. The van der Waals surface area contributed by atoms with E-state index in [0.29, 0.717) is 16.7 Å². The van der Waals surface area contributed by atoms with E-state index in [1.807, 2.05) is 57.2 Å². The summed E-state index contributed by atoms with van der Waals surface area (Å²) in [6.07, 6.45) is 2.56. The van der Waals surface area contributed by atoms with Crippen molar-refractivity contribution < 1.29 is 28.6 Å². The van der Waals surface area contributed by atoms with Crippen LogP contribution in [0.1, 0.15) is 75.5 Å². The second kappa shape index (κ2) is 12.9. The number of carbonyl (C=O) groups excluding carboxylic acids is 3. The van der Waals surface area contributed by atoms with Gasteiger partial charge in [0.15, 0.2) is 5.60 Å². The summed E-state index contributed by atoms with van der Waals surface area (Å²) in [6.45, 7) is 7.08. The molecule has 0 amide bonds. The number of hydrogen-bond donors (Lipinski definition) is 0. The summed E-state index contributed by atoms with van der Waals surface area (Å²) in [4.78, 5) is 38.3. The molecule has 0 heterocycles. The van der Waals surface area contributed by atoms with Crippen molar-refractivity contribution >= 4 is 17.9 Å². The zero-order valence-corrected chi connectivity index (χ0v) is 21.9. The van der Waals surface area contributed by atoms with Crippen LogP contribution in [0.2, 0.25) is 0 Å². The molecule has 37 heavy (non-hydrogen) atoms. The van der Waals surface area contributed by atoms with Gasteiger partial charge in [0.1, 0.15) is 13.2 Å². The average Bonchev–Trinajstić information content (AvgIpc) is 2.94. The molecule has 0 aliphatic carbocycles. The fourth-order valence-corrected chi connectivity index (χ4v) is 3.62. The third-order valence-corrected chi connectivity index (χ3v) is 6.15. The first kappa shape index (κ1) is 27.7. The van der Waals surface area contributed by atoms with E-state index in [4.69, 9.17) is 14.2 Å². The van der Waals surface area contributed by atoms with Crippen LogP contribution >= 0.6 is 0 Å². The molecule has 0 N–H and O–H groups in total. The molecule has 6 nitrogen and oxygen atoms in total. The Hall–Kier alpha value is -3.93. The maximum Gasteiger partial charge on any atom is 0.338 e. The van der Waals surface area contributed by atoms with E-state index in [1.165, 1.54) is 0 Å². The third-order valence-electron chi connectivity index (χ3n) is 6.15. The largest absolute Gasteiger partial charge is 0.458 e. The summed E-state index contributed by atoms with van der Waals surface area (Å²) in [7, 11) is 0. The lowest BCUT2D eigenvalue weighted by Crippen LogP contribution is -2.43. The number of rotatable bonds is 11. The van der Waals surface area contributed by atoms with Crippen LogP contribution in [0.15, 0.2) is 72.8 Å². The van der Waals surface area contributed by atoms with Crippen LogP contribution in [-0.2, 0) is 33.5 Å². The van der Waals surface area contributed by atoms with Crippen LogP contribution in [-0.4, -0.2) is 36.7 Å². The Balaban J connectivity index is 1.73. The smallest absolute Gasteiger partial charge is 0.338 e. The minimum absolute atomic E-state index is 0.289. The van der Waals surface area contributed by atoms with Crippen molar-refractivity contribution in [1.82, 2.24) is 0 Å². The lowest BCUT2D eigenvalue weighted by Gasteiger charge is -2.28. The van der Waals surface area contributed by atoms with Gasteiger partial charge < -0.3 is 14.2 Å². The zero-order valence-electron chi connectivity index (χ0n) is 21.9. The lowest BCUT2D eigenvalue weighted by molar-refractivity contribution is -0.0752. The molecule has 3 aromatic rings. The van der Waals surface area contributed by atoms with Crippen molar-refractivity contribution in [2.75, 3.05) is 13.2 Å². The minimum atomic E-state index is -1.40. The van der Waals surface area contributed by atoms with Crippen LogP contribution in [0.5, 0.6) is 0 Å². The van der Waals surface area contributed by atoms with Crippen molar-refractivity contribution in [3.63, 3.8) is 0 Å². The van der Waals surface area contributed by atoms with Crippen LogP contribution in [0.4, 0.5) is 0 Å². The van der Waals surface area contributed by atoms with E-state index in [-0.39, 0.29) is 13.2 Å². The van der Waals surface area contributed by atoms with E-state index >= 15 is 0 Å². The molecule has 0 aromatic heterocycles. The highest BCUT2D eigenvalue weighted by Gasteiger charge is 2.34. The van der Waals surface area contributed by atoms with Gasteiger partial charge in [-0.05, 0) is 79.3 Å². The topological polar surface area (TPSA) is 78.9 Å². The third kappa shape index (κ3) is 7.78. The molecular weight excluding hydrogens is 468 g/mol. The Kier molecular flexibility index (Phi) is 9.61. The Morgan fingerprint density at radius 1 is 0.541 bits per heavy atom. The van der Waals surface area contributed by atoms with Crippen molar-refractivity contribution in [3.8, 4) is 0 Å². The highest BCUT2D eigenvalue weighted by molar-refractivity contribution is 5.91. The molecule has 0 bridgehead atoms. The first-order valence-electron chi connectivity index (χ1n) is 12.6. The van der Waals surface area contributed by atoms with Crippen molar-refractivity contribution in [3.05, 3.63) is 106 Å². The minimum Gasteiger partial charge on any atom is -0.458 e. The van der Waals surface area contributed by atoms with Gasteiger partial charge in [-0.1, -0.05) is 57.2 Å². The quantitative estimate of drug-likeness (QED) is 0.236. The normalized spacial score (nSPS) is 11.0. The Labute approximate surface area is 218 Å². The molecule has 194 valence electrons. The van der Waals surface area contributed by atoms with Gasteiger partial charge in [-0.25, -0.2) is 14.4 Å². The van der Waals surface area contributed by atoms with Gasteiger partial charge in [0.25, 0.3) is 0 Å². The number of carbonyl (C=O) groups is 3. The molecule has 0 aliphatic rings. The fraction of sp³-hybridized carbons (Fsp3) is 0.323. The van der Waals surface area contributed by atoms with Crippen molar-refractivity contribution in [1.29, 1.82) is 0 Å². The van der Waals surface area contributed by atoms with E-state index in [9.17, 15) is 14.4 Å².